The van der Waals surface area contributed by atoms with Crippen molar-refractivity contribution in [3.05, 3.63) is 47.7 Å². The summed E-state index contributed by atoms with van der Waals surface area (Å²) in [5.41, 5.74) is 7.53. The van der Waals surface area contributed by atoms with E-state index >= 15 is 0 Å². The summed E-state index contributed by atoms with van der Waals surface area (Å²) in [6.07, 6.45) is -1.11. The quantitative estimate of drug-likeness (QED) is 0.565. The average molecular weight is 478 g/mol. The molecule has 34 heavy (non-hydrogen) atoms. The number of ether oxygens (including phenoxy) is 1. The Bertz CT molecular complexity index is 1090. The van der Waals surface area contributed by atoms with Crippen molar-refractivity contribution in [3.63, 3.8) is 0 Å². The molecular formula is C25H30F3N3O3. The van der Waals surface area contributed by atoms with E-state index in [4.69, 9.17) is 10.5 Å². The number of carbonyl (C=O) groups excluding carboxylic acids is 2. The highest BCUT2D eigenvalue weighted by Crippen LogP contribution is 2.40. The summed E-state index contributed by atoms with van der Waals surface area (Å²) >= 11 is 0. The number of nitrogens with two attached hydrogens (primary N) is 1. The summed E-state index contributed by atoms with van der Waals surface area (Å²) in [5, 5.41) is 3.59. The number of pyridine rings is 1. The second-order valence-electron chi connectivity index (χ2n) is 9.91. The van der Waals surface area contributed by atoms with Crippen LogP contribution < -0.4 is 11.1 Å². The molecule has 1 aliphatic rings. The van der Waals surface area contributed by atoms with E-state index in [1.165, 1.54) is 6.20 Å². The van der Waals surface area contributed by atoms with Gasteiger partial charge in [-0.05, 0) is 42.7 Å². The Morgan fingerprint density at radius 2 is 2.00 bits per heavy atom. The third kappa shape index (κ3) is 6.71. The molecule has 2 atom stereocenters. The van der Waals surface area contributed by atoms with Crippen molar-refractivity contribution in [1.29, 1.82) is 0 Å². The van der Waals surface area contributed by atoms with Gasteiger partial charge in [0.15, 0.2) is 0 Å². The molecule has 6 nitrogen and oxygen atoms in total. The van der Waals surface area contributed by atoms with Crippen LogP contribution in [0.5, 0.6) is 0 Å². The molecule has 2 amide bonds. The third-order valence-electron chi connectivity index (χ3n) is 5.81. The topological polar surface area (TPSA) is 94.3 Å². The zero-order valence-corrected chi connectivity index (χ0v) is 19.5. The van der Waals surface area contributed by atoms with E-state index in [0.717, 1.165) is 11.1 Å². The minimum atomic E-state index is -4.19. The molecule has 0 saturated carbocycles. The van der Waals surface area contributed by atoms with E-state index in [1.807, 2.05) is 32.9 Å². The van der Waals surface area contributed by atoms with Gasteiger partial charge >= 0.3 is 12.3 Å². The maximum Gasteiger partial charge on any atom is 0.404 e. The summed E-state index contributed by atoms with van der Waals surface area (Å²) < 4.78 is 43.9. The van der Waals surface area contributed by atoms with Gasteiger partial charge in [0, 0.05) is 17.1 Å². The van der Waals surface area contributed by atoms with Gasteiger partial charge in [-0.2, -0.15) is 13.2 Å². The maximum atomic E-state index is 13.0. The molecule has 0 radical (unpaired) electrons. The fourth-order valence-electron chi connectivity index (χ4n) is 4.26. The molecule has 184 valence electrons. The number of nitrogens with one attached hydrogen (secondary N) is 1. The summed E-state index contributed by atoms with van der Waals surface area (Å²) in [7, 11) is 0. The van der Waals surface area contributed by atoms with Crippen molar-refractivity contribution in [2.24, 2.45) is 17.1 Å². The smallest absolute Gasteiger partial charge is 0.404 e. The number of nitrogens with zero attached hydrogens (tertiary/aromatic N) is 1. The Kier molecular flexibility index (Phi) is 7.53. The van der Waals surface area contributed by atoms with Crippen LogP contribution in [0.4, 0.5) is 18.0 Å². The average Bonchev–Trinajstić information content (AvgIpc) is 2.75. The molecule has 0 saturated heterocycles. The van der Waals surface area contributed by atoms with E-state index in [0.29, 0.717) is 29.3 Å². The fourth-order valence-corrected chi connectivity index (χ4v) is 4.26. The lowest BCUT2D eigenvalue weighted by Crippen LogP contribution is -2.41. The first kappa shape index (κ1) is 25.5. The number of benzene rings is 1. The number of rotatable bonds is 6. The molecule has 3 N–H and O–H groups in total. The lowest BCUT2D eigenvalue weighted by atomic mass is 9.85. The standard InChI is InChI=1S/C25H30F3N3O3/c1-24(2,3)12-19(14-34-23(29)33)31-22(32)17-11-16-5-4-6-20(21(16)30-13-17)15-7-9-18(10-8-15)25(26,27)28/h4-7,11,13,18-19H,8-10,12,14H2,1-3H3,(H2,29,33)(H,31,32)/t18?,19-/m1/s1. The number of aromatic nitrogens is 1. The van der Waals surface area contributed by atoms with Crippen LogP contribution in [0, 0.1) is 11.3 Å². The molecule has 0 spiro atoms. The lowest BCUT2D eigenvalue weighted by Gasteiger charge is -2.26. The summed E-state index contributed by atoms with van der Waals surface area (Å²) in [6.45, 7) is 5.97. The first-order chi connectivity index (χ1) is 15.8. The highest BCUT2D eigenvalue weighted by Gasteiger charge is 2.39. The minimum Gasteiger partial charge on any atom is -0.448 e. The number of para-hydroxylation sites is 1. The van der Waals surface area contributed by atoms with Crippen LogP contribution in [0.2, 0.25) is 0 Å². The van der Waals surface area contributed by atoms with Crippen LogP contribution >= 0.6 is 0 Å². The van der Waals surface area contributed by atoms with E-state index in [2.05, 4.69) is 10.3 Å². The van der Waals surface area contributed by atoms with Crippen molar-refractivity contribution >= 4 is 28.5 Å². The van der Waals surface area contributed by atoms with Gasteiger partial charge in [-0.25, -0.2) is 4.79 Å². The summed E-state index contributed by atoms with van der Waals surface area (Å²) in [6, 6.07) is 6.73. The highest BCUT2D eigenvalue weighted by atomic mass is 19.4. The zero-order valence-electron chi connectivity index (χ0n) is 19.5. The predicted molar refractivity (Wildman–Crippen MR) is 124 cm³/mol. The Morgan fingerprint density at radius 3 is 2.59 bits per heavy atom. The number of halogens is 3. The van der Waals surface area contributed by atoms with Gasteiger partial charge in [0.2, 0.25) is 0 Å². The third-order valence-corrected chi connectivity index (χ3v) is 5.81. The van der Waals surface area contributed by atoms with Gasteiger partial charge in [-0.1, -0.05) is 45.0 Å². The van der Waals surface area contributed by atoms with Crippen molar-refractivity contribution in [1.82, 2.24) is 10.3 Å². The van der Waals surface area contributed by atoms with Crippen LogP contribution in [0.25, 0.3) is 16.5 Å². The Balaban J connectivity index is 1.81. The zero-order chi connectivity index (χ0) is 25.1. The number of alkyl halides is 3. The van der Waals surface area contributed by atoms with Crippen LogP contribution in [0.1, 0.15) is 62.4 Å². The van der Waals surface area contributed by atoms with Crippen LogP contribution in [-0.2, 0) is 4.74 Å². The molecular weight excluding hydrogens is 447 g/mol. The molecule has 9 heteroatoms. The number of primary amides is 1. The monoisotopic (exact) mass is 477 g/mol. The number of hydrogen-bond acceptors (Lipinski definition) is 4. The van der Waals surface area contributed by atoms with Gasteiger partial charge in [-0.3, -0.25) is 9.78 Å². The van der Waals surface area contributed by atoms with Gasteiger partial charge < -0.3 is 15.8 Å². The Labute approximate surface area is 196 Å². The van der Waals surface area contributed by atoms with Gasteiger partial charge in [-0.15, -0.1) is 0 Å². The lowest BCUT2D eigenvalue weighted by molar-refractivity contribution is -0.175. The summed E-state index contributed by atoms with van der Waals surface area (Å²) in [5.74, 6) is -1.68. The van der Waals surface area contributed by atoms with Gasteiger partial charge in [0.05, 0.1) is 23.0 Å². The van der Waals surface area contributed by atoms with Crippen LogP contribution in [-0.4, -0.2) is 35.8 Å². The number of allylic oxidation sites excluding steroid dienone is 2. The molecule has 0 bridgehead atoms. The van der Waals surface area contributed by atoms with Crippen molar-refractivity contribution in [2.75, 3.05) is 6.61 Å². The minimum absolute atomic E-state index is 0.0434. The Morgan fingerprint density at radius 1 is 1.26 bits per heavy atom. The van der Waals surface area contributed by atoms with E-state index in [-0.39, 0.29) is 30.8 Å². The van der Waals surface area contributed by atoms with Crippen molar-refractivity contribution in [3.8, 4) is 0 Å². The summed E-state index contributed by atoms with van der Waals surface area (Å²) in [4.78, 5) is 28.4. The largest absolute Gasteiger partial charge is 0.448 e. The molecule has 0 aliphatic heterocycles. The van der Waals surface area contributed by atoms with Crippen LogP contribution in [0.3, 0.4) is 0 Å². The number of hydrogen-bond donors (Lipinski definition) is 2. The molecule has 0 fully saturated rings. The second-order valence-corrected chi connectivity index (χ2v) is 9.91. The molecule has 1 unspecified atom stereocenters. The Hall–Kier alpha value is -3.10. The first-order valence-corrected chi connectivity index (χ1v) is 11.2. The number of amides is 2. The highest BCUT2D eigenvalue weighted by molar-refractivity contribution is 5.99. The SMILES string of the molecule is CC(C)(C)C[C@H](COC(N)=O)NC(=O)c1cnc2c(C3=CCC(C(F)(F)F)CC3)cccc2c1. The van der Waals surface area contributed by atoms with E-state index in [9.17, 15) is 22.8 Å². The van der Waals surface area contributed by atoms with Gasteiger partial charge in [0.25, 0.3) is 5.91 Å². The molecule has 1 heterocycles. The fraction of sp³-hybridized carbons (Fsp3) is 0.480. The van der Waals surface area contributed by atoms with E-state index < -0.39 is 24.2 Å². The molecule has 1 aromatic carbocycles. The molecule has 3 rings (SSSR count). The first-order valence-electron chi connectivity index (χ1n) is 11.2. The van der Waals surface area contributed by atoms with Crippen LogP contribution in [0.15, 0.2) is 36.5 Å². The second kappa shape index (κ2) is 10.0. The normalized spacial score (nSPS) is 17.7. The molecule has 1 aromatic heterocycles. The van der Waals surface area contributed by atoms with E-state index in [1.54, 1.807) is 18.2 Å². The number of fused-ring (bicyclic) bond motifs is 1. The molecule has 2 aromatic rings. The number of carbonyl (C=O) groups is 2. The predicted octanol–water partition coefficient (Wildman–Crippen LogP) is 5.61. The molecule has 1 aliphatic carbocycles. The maximum absolute atomic E-state index is 13.0. The van der Waals surface area contributed by atoms with Gasteiger partial charge in [0.1, 0.15) is 6.61 Å². The van der Waals surface area contributed by atoms with Crippen molar-refractivity contribution < 1.29 is 27.5 Å². The van der Waals surface area contributed by atoms with Crippen molar-refractivity contribution in [2.45, 2.75) is 58.7 Å².